The molecular formula is C25H29N3O4S2. The van der Waals surface area contributed by atoms with Gasteiger partial charge in [0.2, 0.25) is 21.8 Å². The predicted octanol–water partition coefficient (Wildman–Crippen LogP) is 4.21. The molecule has 0 fully saturated rings. The Labute approximate surface area is 205 Å². The van der Waals surface area contributed by atoms with Crippen LogP contribution in [-0.4, -0.2) is 37.4 Å². The van der Waals surface area contributed by atoms with Crippen LogP contribution < -0.4 is 14.8 Å². The van der Waals surface area contributed by atoms with E-state index in [4.69, 9.17) is 4.74 Å². The highest BCUT2D eigenvalue weighted by Gasteiger charge is 2.25. The number of thioether (sulfide) groups is 1. The zero-order valence-electron chi connectivity index (χ0n) is 19.4. The van der Waals surface area contributed by atoms with Crippen LogP contribution >= 0.6 is 11.8 Å². The Bertz CT molecular complexity index is 1200. The van der Waals surface area contributed by atoms with Gasteiger partial charge in [0.15, 0.2) is 0 Å². The van der Waals surface area contributed by atoms with Crippen LogP contribution in [-0.2, 0) is 21.4 Å². The number of hydrogen-bond acceptors (Lipinski definition) is 6. The maximum Gasteiger partial charge on any atom is 0.241 e. The van der Waals surface area contributed by atoms with Crippen LogP contribution in [0.15, 0.2) is 71.8 Å². The first-order valence-corrected chi connectivity index (χ1v) is 13.7. The third-order valence-corrected chi connectivity index (χ3v) is 7.23. The van der Waals surface area contributed by atoms with Gasteiger partial charge >= 0.3 is 0 Å². The first-order chi connectivity index (χ1) is 16.3. The van der Waals surface area contributed by atoms with Crippen LogP contribution in [0.3, 0.4) is 0 Å². The molecule has 9 heteroatoms. The molecule has 3 aromatic rings. The third kappa shape index (κ3) is 7.31. The molecule has 2 N–H and O–H groups in total. The molecule has 7 nitrogen and oxygen atoms in total. The number of benzene rings is 2. The van der Waals surface area contributed by atoms with Crippen molar-refractivity contribution in [1.29, 1.82) is 0 Å². The summed E-state index contributed by atoms with van der Waals surface area (Å²) in [6, 6.07) is 16.7. The molecule has 1 unspecified atom stereocenters. The molecule has 0 saturated carbocycles. The van der Waals surface area contributed by atoms with Crippen LogP contribution in [0.2, 0.25) is 0 Å². The summed E-state index contributed by atoms with van der Waals surface area (Å²) < 4.78 is 33.8. The van der Waals surface area contributed by atoms with E-state index in [0.29, 0.717) is 18.1 Å². The first kappa shape index (κ1) is 25.7. The Kier molecular flexibility index (Phi) is 9.09. The molecule has 0 spiro atoms. The number of ether oxygens (including phenoxy) is 1. The highest BCUT2D eigenvalue weighted by Crippen LogP contribution is 2.24. The van der Waals surface area contributed by atoms with E-state index in [1.54, 1.807) is 42.2 Å². The summed E-state index contributed by atoms with van der Waals surface area (Å²) in [4.78, 5) is 17.3. The smallest absolute Gasteiger partial charge is 0.241 e. The quantitative estimate of drug-likeness (QED) is 0.410. The van der Waals surface area contributed by atoms with Crippen LogP contribution in [0, 0.1) is 13.8 Å². The maximum absolute atomic E-state index is 12.8. The molecule has 180 valence electrons. The van der Waals surface area contributed by atoms with E-state index in [1.165, 1.54) is 12.1 Å². The summed E-state index contributed by atoms with van der Waals surface area (Å²) in [6.45, 7) is 4.19. The van der Waals surface area contributed by atoms with Gasteiger partial charge in [-0.2, -0.15) is 16.5 Å². The molecular weight excluding hydrogens is 470 g/mol. The van der Waals surface area contributed by atoms with Gasteiger partial charge in [-0.05, 0) is 67.2 Å². The zero-order chi connectivity index (χ0) is 24.6. The summed E-state index contributed by atoms with van der Waals surface area (Å²) in [7, 11) is -3.81. The van der Waals surface area contributed by atoms with Crippen LogP contribution in [0.5, 0.6) is 11.6 Å². The van der Waals surface area contributed by atoms with Gasteiger partial charge in [-0.1, -0.05) is 36.4 Å². The van der Waals surface area contributed by atoms with Gasteiger partial charge in [0.1, 0.15) is 11.8 Å². The number of pyridine rings is 1. The molecule has 34 heavy (non-hydrogen) atoms. The van der Waals surface area contributed by atoms with Crippen molar-refractivity contribution in [2.45, 2.75) is 37.8 Å². The molecule has 0 aliphatic heterocycles. The average Bonchev–Trinajstić information content (AvgIpc) is 2.84. The van der Waals surface area contributed by atoms with Gasteiger partial charge in [-0.25, -0.2) is 13.4 Å². The van der Waals surface area contributed by atoms with Crippen molar-refractivity contribution < 1.29 is 17.9 Å². The average molecular weight is 500 g/mol. The zero-order valence-corrected chi connectivity index (χ0v) is 21.1. The number of aromatic nitrogens is 1. The van der Waals surface area contributed by atoms with Gasteiger partial charge in [0, 0.05) is 18.8 Å². The van der Waals surface area contributed by atoms with E-state index < -0.39 is 16.1 Å². The second kappa shape index (κ2) is 12.0. The predicted molar refractivity (Wildman–Crippen MR) is 136 cm³/mol. The van der Waals surface area contributed by atoms with E-state index in [2.05, 4.69) is 15.0 Å². The number of carbonyl (C=O) groups is 1. The fourth-order valence-electron chi connectivity index (χ4n) is 3.15. The number of aryl methyl sites for hydroxylation is 2. The molecule has 1 aromatic heterocycles. The van der Waals surface area contributed by atoms with Gasteiger partial charge < -0.3 is 10.1 Å². The van der Waals surface area contributed by atoms with Crippen molar-refractivity contribution >= 4 is 27.7 Å². The Morgan fingerprint density at radius 2 is 1.85 bits per heavy atom. The SMILES string of the molecule is CSCCC(NS(=O)(=O)c1ccccc1)C(=O)NCc1ccc(Oc2cc(C)ccc2C)nc1. The maximum atomic E-state index is 12.8. The molecule has 0 radical (unpaired) electrons. The van der Waals surface area contributed by atoms with E-state index in [-0.39, 0.29) is 17.3 Å². The Hall–Kier alpha value is -2.88. The summed E-state index contributed by atoms with van der Waals surface area (Å²) in [6.07, 6.45) is 3.92. The molecule has 1 amide bonds. The lowest BCUT2D eigenvalue weighted by atomic mass is 10.1. The summed E-state index contributed by atoms with van der Waals surface area (Å²) in [5.41, 5.74) is 2.88. The molecule has 0 aliphatic rings. The molecule has 0 bridgehead atoms. The minimum Gasteiger partial charge on any atom is -0.439 e. The Balaban J connectivity index is 1.62. The van der Waals surface area contributed by atoms with Gasteiger partial charge in [0.25, 0.3) is 0 Å². The molecule has 1 atom stereocenters. The van der Waals surface area contributed by atoms with Crippen molar-refractivity contribution in [2.24, 2.45) is 0 Å². The van der Waals surface area contributed by atoms with E-state index >= 15 is 0 Å². The highest BCUT2D eigenvalue weighted by molar-refractivity contribution is 7.98. The standard InChI is InChI=1S/C25H29N3O4S2/c1-18-9-10-19(2)23(15-18)32-24-12-11-20(16-26-24)17-27-25(29)22(13-14-33-3)28-34(30,31)21-7-5-4-6-8-21/h4-12,15-16,22,28H,13-14,17H2,1-3H3,(H,27,29). The van der Waals surface area contributed by atoms with Crippen molar-refractivity contribution in [2.75, 3.05) is 12.0 Å². The van der Waals surface area contributed by atoms with E-state index in [1.807, 2.05) is 44.4 Å². The first-order valence-electron chi connectivity index (χ1n) is 10.8. The number of carbonyl (C=O) groups excluding carboxylic acids is 1. The number of hydrogen-bond donors (Lipinski definition) is 2. The number of nitrogens with one attached hydrogen (secondary N) is 2. The third-order valence-electron chi connectivity index (χ3n) is 5.10. The van der Waals surface area contributed by atoms with Crippen molar-refractivity contribution in [3.8, 4) is 11.6 Å². The van der Waals surface area contributed by atoms with Crippen LogP contribution in [0.1, 0.15) is 23.1 Å². The summed E-state index contributed by atoms with van der Waals surface area (Å²) in [5.74, 6) is 1.46. The lowest BCUT2D eigenvalue weighted by Gasteiger charge is -2.18. The Morgan fingerprint density at radius 1 is 1.09 bits per heavy atom. The number of nitrogens with zero attached hydrogens (tertiary/aromatic N) is 1. The van der Waals surface area contributed by atoms with E-state index in [0.717, 1.165) is 22.4 Å². The summed E-state index contributed by atoms with van der Waals surface area (Å²) in [5, 5.41) is 2.81. The minimum absolute atomic E-state index is 0.126. The fraction of sp³-hybridized carbons (Fsp3) is 0.280. The normalized spacial score (nSPS) is 12.2. The van der Waals surface area contributed by atoms with Crippen LogP contribution in [0.25, 0.3) is 0 Å². The number of amides is 1. The highest BCUT2D eigenvalue weighted by atomic mass is 32.2. The van der Waals surface area contributed by atoms with Crippen molar-refractivity contribution in [3.63, 3.8) is 0 Å². The summed E-state index contributed by atoms with van der Waals surface area (Å²) >= 11 is 1.55. The van der Waals surface area contributed by atoms with Crippen molar-refractivity contribution in [1.82, 2.24) is 15.0 Å². The lowest BCUT2D eigenvalue weighted by Crippen LogP contribution is -2.46. The largest absolute Gasteiger partial charge is 0.439 e. The number of sulfonamides is 1. The molecule has 0 aliphatic carbocycles. The second-order valence-electron chi connectivity index (χ2n) is 7.86. The van der Waals surface area contributed by atoms with Gasteiger partial charge in [-0.3, -0.25) is 4.79 Å². The topological polar surface area (TPSA) is 97.4 Å². The fourth-order valence-corrected chi connectivity index (χ4v) is 4.87. The van der Waals surface area contributed by atoms with Gasteiger partial charge in [0.05, 0.1) is 4.90 Å². The minimum atomic E-state index is -3.81. The monoisotopic (exact) mass is 499 g/mol. The Morgan fingerprint density at radius 3 is 2.53 bits per heavy atom. The van der Waals surface area contributed by atoms with E-state index in [9.17, 15) is 13.2 Å². The van der Waals surface area contributed by atoms with Gasteiger partial charge in [-0.15, -0.1) is 0 Å². The van der Waals surface area contributed by atoms with Crippen molar-refractivity contribution in [3.05, 3.63) is 83.6 Å². The molecule has 3 rings (SSSR count). The number of rotatable bonds is 11. The lowest BCUT2D eigenvalue weighted by molar-refractivity contribution is -0.122. The molecule has 0 saturated heterocycles. The van der Waals surface area contributed by atoms with Crippen LogP contribution in [0.4, 0.5) is 0 Å². The molecule has 1 heterocycles. The molecule has 2 aromatic carbocycles. The second-order valence-corrected chi connectivity index (χ2v) is 10.6.